The molecule has 0 aliphatic heterocycles. The maximum atomic E-state index is 5.98. The molecule has 2 nitrogen and oxygen atoms in total. The van der Waals surface area contributed by atoms with Gasteiger partial charge in [-0.05, 0) is 50.9 Å². The maximum absolute atomic E-state index is 5.98. The molecule has 1 N–H and O–H groups in total. The third-order valence-electron chi connectivity index (χ3n) is 3.39. The highest BCUT2D eigenvalue weighted by Gasteiger charge is 2.14. The molecular formula is C17H23NO. The smallest absolute Gasteiger partial charge is 0.134 e. The predicted octanol–water partition coefficient (Wildman–Crippen LogP) is 4.75. The molecule has 1 aromatic heterocycles. The van der Waals surface area contributed by atoms with E-state index in [9.17, 15) is 0 Å². The molecule has 1 atom stereocenters. The Bertz CT molecular complexity index is 541. The summed E-state index contributed by atoms with van der Waals surface area (Å²) >= 11 is 0. The Morgan fingerprint density at radius 3 is 2.95 bits per heavy atom. The quantitative estimate of drug-likeness (QED) is 0.572. The van der Waals surface area contributed by atoms with Gasteiger partial charge in [-0.1, -0.05) is 24.6 Å². The van der Waals surface area contributed by atoms with Crippen molar-refractivity contribution in [2.24, 2.45) is 0 Å². The van der Waals surface area contributed by atoms with E-state index in [0.29, 0.717) is 6.04 Å². The molecule has 0 aliphatic carbocycles. The van der Waals surface area contributed by atoms with Crippen LogP contribution in [0.25, 0.3) is 11.0 Å². The Balaban J connectivity index is 2.20. The first-order valence-corrected chi connectivity index (χ1v) is 7.09. The van der Waals surface area contributed by atoms with E-state index in [-0.39, 0.29) is 0 Å². The third-order valence-corrected chi connectivity index (χ3v) is 3.39. The second kappa shape index (κ2) is 6.58. The van der Waals surface area contributed by atoms with Crippen LogP contribution in [0, 0.1) is 6.92 Å². The minimum Gasteiger partial charge on any atom is -0.459 e. The van der Waals surface area contributed by atoms with Crippen molar-refractivity contribution >= 4 is 11.0 Å². The first-order chi connectivity index (χ1) is 9.24. The largest absolute Gasteiger partial charge is 0.459 e. The lowest BCUT2D eigenvalue weighted by molar-refractivity contribution is 0.410. The average Bonchev–Trinajstić information content (AvgIpc) is 2.80. The minimum absolute atomic E-state index is 0.303. The van der Waals surface area contributed by atoms with Crippen molar-refractivity contribution in [3.8, 4) is 0 Å². The van der Waals surface area contributed by atoms with Crippen LogP contribution in [0.3, 0.4) is 0 Å². The normalized spacial score (nSPS) is 12.7. The number of aryl methyl sites for hydroxylation is 1. The van der Waals surface area contributed by atoms with Crippen LogP contribution >= 0.6 is 0 Å². The summed E-state index contributed by atoms with van der Waals surface area (Å²) in [6, 6.07) is 8.80. The van der Waals surface area contributed by atoms with Crippen molar-refractivity contribution in [2.45, 2.75) is 39.2 Å². The fourth-order valence-corrected chi connectivity index (χ4v) is 2.41. The highest BCUT2D eigenvalue weighted by Crippen LogP contribution is 2.27. The maximum Gasteiger partial charge on any atom is 0.134 e. The van der Waals surface area contributed by atoms with Gasteiger partial charge in [0.25, 0.3) is 0 Å². The highest BCUT2D eigenvalue weighted by molar-refractivity contribution is 5.78. The molecule has 2 aromatic rings. The van der Waals surface area contributed by atoms with Gasteiger partial charge in [-0.2, -0.15) is 0 Å². The summed E-state index contributed by atoms with van der Waals surface area (Å²) in [5, 5.41) is 4.70. The van der Waals surface area contributed by atoms with Gasteiger partial charge in [0.1, 0.15) is 11.3 Å². The molecule has 0 spiro atoms. The van der Waals surface area contributed by atoms with Crippen molar-refractivity contribution in [3.05, 3.63) is 48.2 Å². The standard InChI is InChI=1S/C17H23NO/c1-4-6-7-8-15(18-5-2)17-12-14-11-13(3)9-10-16(14)19-17/h4,9-12,15,18H,1,5-8H2,2-3H3. The number of hydrogen-bond acceptors (Lipinski definition) is 2. The number of benzene rings is 1. The van der Waals surface area contributed by atoms with Gasteiger partial charge >= 0.3 is 0 Å². The number of rotatable bonds is 7. The monoisotopic (exact) mass is 257 g/mol. The zero-order valence-corrected chi connectivity index (χ0v) is 11.9. The van der Waals surface area contributed by atoms with Crippen molar-refractivity contribution < 1.29 is 4.42 Å². The van der Waals surface area contributed by atoms with E-state index in [0.717, 1.165) is 37.2 Å². The highest BCUT2D eigenvalue weighted by atomic mass is 16.3. The van der Waals surface area contributed by atoms with Gasteiger partial charge in [0.2, 0.25) is 0 Å². The molecule has 2 rings (SSSR count). The van der Waals surface area contributed by atoms with Gasteiger partial charge in [0.05, 0.1) is 6.04 Å². The molecule has 19 heavy (non-hydrogen) atoms. The topological polar surface area (TPSA) is 25.2 Å². The Kier molecular flexibility index (Phi) is 4.80. The van der Waals surface area contributed by atoms with Crippen LogP contribution in [-0.2, 0) is 0 Å². The van der Waals surface area contributed by atoms with Crippen LogP contribution < -0.4 is 5.32 Å². The summed E-state index contributed by atoms with van der Waals surface area (Å²) in [5.74, 6) is 1.05. The van der Waals surface area contributed by atoms with Crippen LogP contribution in [0.5, 0.6) is 0 Å². The summed E-state index contributed by atoms with van der Waals surface area (Å²) in [6.45, 7) is 8.97. The summed E-state index contributed by atoms with van der Waals surface area (Å²) < 4.78 is 5.98. The second-order valence-electron chi connectivity index (χ2n) is 5.02. The summed E-state index contributed by atoms with van der Waals surface area (Å²) in [4.78, 5) is 0. The second-order valence-corrected chi connectivity index (χ2v) is 5.02. The molecule has 2 heteroatoms. The molecular weight excluding hydrogens is 234 g/mol. The van der Waals surface area contributed by atoms with E-state index in [1.165, 1.54) is 10.9 Å². The zero-order chi connectivity index (χ0) is 13.7. The van der Waals surface area contributed by atoms with E-state index in [1.807, 2.05) is 6.08 Å². The first kappa shape index (κ1) is 13.9. The molecule has 0 aliphatic rings. The van der Waals surface area contributed by atoms with Crippen molar-refractivity contribution in [1.82, 2.24) is 5.32 Å². The van der Waals surface area contributed by atoms with E-state index in [4.69, 9.17) is 4.42 Å². The lowest BCUT2D eigenvalue weighted by Gasteiger charge is -2.14. The number of fused-ring (bicyclic) bond motifs is 1. The molecule has 0 fully saturated rings. The predicted molar refractivity (Wildman–Crippen MR) is 81.4 cm³/mol. The fourth-order valence-electron chi connectivity index (χ4n) is 2.41. The Morgan fingerprint density at radius 1 is 1.37 bits per heavy atom. The van der Waals surface area contributed by atoms with Gasteiger partial charge in [-0.25, -0.2) is 0 Å². The minimum atomic E-state index is 0.303. The molecule has 0 radical (unpaired) electrons. The molecule has 0 saturated carbocycles. The number of furan rings is 1. The number of nitrogens with one attached hydrogen (secondary N) is 1. The fraction of sp³-hybridized carbons (Fsp3) is 0.412. The number of unbranched alkanes of at least 4 members (excludes halogenated alkanes) is 1. The van der Waals surface area contributed by atoms with Crippen LogP contribution in [0.15, 0.2) is 41.3 Å². The van der Waals surface area contributed by atoms with E-state index in [1.54, 1.807) is 0 Å². The first-order valence-electron chi connectivity index (χ1n) is 7.09. The van der Waals surface area contributed by atoms with E-state index >= 15 is 0 Å². The van der Waals surface area contributed by atoms with Crippen LogP contribution in [0.1, 0.15) is 43.6 Å². The van der Waals surface area contributed by atoms with Gasteiger partial charge in [-0.15, -0.1) is 6.58 Å². The zero-order valence-electron chi connectivity index (χ0n) is 11.9. The number of hydrogen-bond donors (Lipinski definition) is 1. The molecule has 1 heterocycles. The van der Waals surface area contributed by atoms with Gasteiger partial charge in [-0.3, -0.25) is 0 Å². The van der Waals surface area contributed by atoms with Crippen molar-refractivity contribution in [1.29, 1.82) is 0 Å². The molecule has 1 aromatic carbocycles. The van der Waals surface area contributed by atoms with E-state index in [2.05, 4.69) is 50.0 Å². The molecule has 1 unspecified atom stereocenters. The van der Waals surface area contributed by atoms with Crippen molar-refractivity contribution in [3.63, 3.8) is 0 Å². The Morgan fingerprint density at radius 2 is 2.21 bits per heavy atom. The number of allylic oxidation sites excluding steroid dienone is 1. The summed E-state index contributed by atoms with van der Waals surface area (Å²) in [6.07, 6.45) is 5.25. The SMILES string of the molecule is C=CCCCC(NCC)c1cc2cc(C)ccc2o1. The Labute approximate surface area is 115 Å². The van der Waals surface area contributed by atoms with Crippen molar-refractivity contribution in [2.75, 3.05) is 6.54 Å². The lowest BCUT2D eigenvalue weighted by Crippen LogP contribution is -2.20. The molecule has 102 valence electrons. The molecule has 0 saturated heterocycles. The lowest BCUT2D eigenvalue weighted by atomic mass is 10.1. The van der Waals surface area contributed by atoms with Gasteiger partial charge in [0, 0.05) is 5.39 Å². The summed E-state index contributed by atoms with van der Waals surface area (Å²) in [5.41, 5.74) is 2.25. The van der Waals surface area contributed by atoms with Crippen LogP contribution in [0.2, 0.25) is 0 Å². The Hall–Kier alpha value is -1.54. The van der Waals surface area contributed by atoms with E-state index < -0.39 is 0 Å². The molecule has 0 bridgehead atoms. The van der Waals surface area contributed by atoms with Gasteiger partial charge < -0.3 is 9.73 Å². The third kappa shape index (κ3) is 3.48. The molecule has 0 amide bonds. The van der Waals surface area contributed by atoms with Crippen LogP contribution in [-0.4, -0.2) is 6.54 Å². The van der Waals surface area contributed by atoms with Gasteiger partial charge in [0.15, 0.2) is 0 Å². The summed E-state index contributed by atoms with van der Waals surface area (Å²) in [7, 11) is 0. The average molecular weight is 257 g/mol. The van der Waals surface area contributed by atoms with Crippen LogP contribution in [0.4, 0.5) is 0 Å².